The van der Waals surface area contributed by atoms with Gasteiger partial charge in [-0.25, -0.2) is 9.78 Å². The van der Waals surface area contributed by atoms with Crippen LogP contribution in [-0.2, 0) is 104 Å². The summed E-state index contributed by atoms with van der Waals surface area (Å²) in [5.41, 5.74) is 0.263. The van der Waals surface area contributed by atoms with Crippen molar-refractivity contribution in [2.45, 2.75) is 389 Å². The second-order valence-electron chi connectivity index (χ2n) is 42.6. The van der Waals surface area contributed by atoms with E-state index in [1.165, 1.54) is 10.9 Å². The Hall–Kier alpha value is -6.05. The van der Waals surface area contributed by atoms with Crippen LogP contribution < -0.4 is 4.74 Å². The molecule has 14 aliphatic rings. The number of aromatic nitrogens is 2. The number of aliphatic hydroxyl groups is 6. The van der Waals surface area contributed by atoms with E-state index in [1.54, 1.807) is 110 Å². The summed E-state index contributed by atoms with van der Waals surface area (Å²) in [4.78, 5) is 46.6. The Labute approximate surface area is 874 Å². The lowest BCUT2D eigenvalue weighted by molar-refractivity contribution is -0.318. The van der Waals surface area contributed by atoms with Crippen molar-refractivity contribution < 1.29 is 144 Å². The summed E-state index contributed by atoms with van der Waals surface area (Å²) in [6, 6.07) is 2.97. The maximum atomic E-state index is 14.3. The minimum atomic E-state index is -1.84. The maximum Gasteiger partial charge on any atom is 0.329 e. The number of aliphatic hydroxyl groups excluding tert-OH is 4. The van der Waals surface area contributed by atoms with Crippen LogP contribution in [0.3, 0.4) is 0 Å². The number of carbonyl (C=O) groups excluding carboxylic acids is 3. The third kappa shape index (κ3) is 26.2. The van der Waals surface area contributed by atoms with E-state index >= 15 is 0 Å². The van der Waals surface area contributed by atoms with Crippen molar-refractivity contribution in [3.8, 4) is 5.75 Å². The smallest absolute Gasteiger partial charge is 0.329 e. The molecular formula is C110H158Cl3N3O30. The van der Waals surface area contributed by atoms with Crippen LogP contribution in [0.4, 0.5) is 4.79 Å². The number of amides is 1. The number of halogens is 3. The fourth-order valence-corrected chi connectivity index (χ4v) is 24.0. The van der Waals surface area contributed by atoms with Gasteiger partial charge in [-0.05, 0) is 144 Å². The Bertz CT molecular complexity index is 5010. The standard InChI is InChI=1S/C48H72O14.C47H70O14.C15H16Cl3N3O2/c1-11-25(2)43-28(5)17-18-47(62-43)23-34-20-33(61-47)16-15-27(4)42(26(3)13-12-14-32-24-55-45-40(49)29(6)19-35(46(51)58-34)48(32,45)52)59-39-22-37(54-10)44(31(8)57-39)60-38-21-36(53-9)41(50)30(7)56-38;1-24(2)41-27(5)16-17-46(61-41)22-33-19-32(60-46)15-14-26(4)42(25(3)12-11-13-31-23-54-44-39(48)28(6)18-34(45(50)57-33)47(31,44)51)58-38-21-36(53-10)43(30(8)56-38)59-37-20-35(52-9)40(49)29(7)55-37;1-2-4-20(15(22)21-5-3-19-10-21)6-7-23-14-12(17)8-11(16)9-13(14)18/h12-15,17-19,25-26,28,30-31,33-45,49-50,52H,11,16,20-24H2,1-10H3;11-14,16-18,24-25,27,29-30,32-44,48-49,51H,15,19-23H2,1-10H3;3,5,8-10H,2,4,6-7H2,1H3/b13-12+,27-15+,32-14+;12-11+,26-14+,31-13+;/t25-,26-,28-,30-,31-,33+,34-,35-,36-,37-,38-,39-,40+,41-,42-,43+,44-,45+,47+,48+;25-,27-,29-,30-,32+,33-,34-,35-,36-,37-,38-,39+,40-,41+,42-,43-,44+,46+,47+;/m00./s1. The predicted molar refractivity (Wildman–Crippen MR) is 542 cm³/mol. The molecule has 36 heteroatoms. The summed E-state index contributed by atoms with van der Waals surface area (Å²) in [6.07, 6.45) is 21.6. The highest BCUT2D eigenvalue weighted by atomic mass is 35.5. The molecule has 2 aromatic rings. The van der Waals surface area contributed by atoms with E-state index in [2.05, 4.69) is 84.7 Å². The van der Waals surface area contributed by atoms with E-state index in [0.717, 1.165) is 24.0 Å². The minimum absolute atomic E-state index is 0.0313. The molecule has 6 N–H and O–H groups in total. The molecule has 39 atom stereocenters. The molecule has 0 unspecified atom stereocenters. The maximum absolute atomic E-state index is 14.3. The van der Waals surface area contributed by atoms with Crippen LogP contribution in [0.15, 0.2) is 149 Å². The molecule has 0 saturated carbocycles. The second kappa shape index (κ2) is 50.4. The predicted octanol–water partition coefficient (Wildman–Crippen LogP) is 15.0. The lowest BCUT2D eigenvalue weighted by Gasteiger charge is -2.48. The van der Waals surface area contributed by atoms with Crippen molar-refractivity contribution in [1.29, 1.82) is 0 Å². The Balaban J connectivity index is 0.000000190. The lowest BCUT2D eigenvalue weighted by atomic mass is 9.71. The lowest BCUT2D eigenvalue weighted by Crippen LogP contribution is -2.58. The first kappa shape index (κ1) is 116. The Morgan fingerprint density at radius 3 is 1.38 bits per heavy atom. The number of imidazole rings is 1. The molecule has 814 valence electrons. The molecule has 13 heterocycles. The molecule has 33 nitrogen and oxygen atoms in total. The fourth-order valence-electron chi connectivity index (χ4n) is 23.0. The summed E-state index contributed by atoms with van der Waals surface area (Å²) in [5.74, 6) is -4.82. The second-order valence-corrected chi connectivity index (χ2v) is 43.8. The molecule has 146 heavy (non-hydrogen) atoms. The zero-order valence-electron chi connectivity index (χ0n) is 88.2. The minimum Gasteiger partial charge on any atom is -0.489 e. The summed E-state index contributed by atoms with van der Waals surface area (Å²) >= 11 is 18.0. The van der Waals surface area contributed by atoms with Gasteiger partial charge in [0.1, 0.15) is 97.0 Å². The third-order valence-corrected chi connectivity index (χ3v) is 32.3. The van der Waals surface area contributed by atoms with Gasteiger partial charge in [-0.1, -0.05) is 176 Å². The van der Waals surface area contributed by atoms with Gasteiger partial charge in [-0.15, -0.1) is 0 Å². The summed E-state index contributed by atoms with van der Waals surface area (Å²) in [6.45, 7) is 35.3. The number of benzene rings is 1. The van der Waals surface area contributed by atoms with Crippen molar-refractivity contribution in [1.82, 2.24) is 14.5 Å². The molecule has 1 aromatic carbocycles. The number of hydrogen-bond acceptors (Lipinski definition) is 31. The average Bonchev–Trinajstić information content (AvgIpc) is 1.56. The number of esters is 2. The fraction of sp³-hybridized carbons (Fsp3) is 0.709. The molecule has 4 bridgehead atoms. The van der Waals surface area contributed by atoms with Crippen molar-refractivity contribution in [2.75, 3.05) is 61.3 Å². The van der Waals surface area contributed by atoms with E-state index < -0.39 is 182 Å². The van der Waals surface area contributed by atoms with Crippen LogP contribution in [0, 0.1) is 47.3 Å². The van der Waals surface area contributed by atoms with Gasteiger partial charge in [-0.2, -0.15) is 0 Å². The van der Waals surface area contributed by atoms with Crippen molar-refractivity contribution in [2.24, 2.45) is 47.3 Å². The van der Waals surface area contributed by atoms with Gasteiger partial charge < -0.3 is 135 Å². The van der Waals surface area contributed by atoms with E-state index in [1.807, 2.05) is 71.1 Å². The first-order valence-corrected chi connectivity index (χ1v) is 53.4. The van der Waals surface area contributed by atoms with Crippen molar-refractivity contribution >= 4 is 52.8 Å². The summed E-state index contributed by atoms with van der Waals surface area (Å²) < 4.78 is 134. The number of fused-ring (bicyclic) bond motifs is 4. The Morgan fingerprint density at radius 1 is 0.534 bits per heavy atom. The van der Waals surface area contributed by atoms with E-state index in [0.29, 0.717) is 120 Å². The number of carbonyl (C=O) groups is 3. The van der Waals surface area contributed by atoms with Gasteiger partial charge in [0.2, 0.25) is 0 Å². The van der Waals surface area contributed by atoms with E-state index in [4.69, 9.17) is 134 Å². The number of allylic oxidation sites excluding steroid dienone is 4. The first-order valence-electron chi connectivity index (χ1n) is 52.3. The zero-order valence-corrected chi connectivity index (χ0v) is 90.5. The van der Waals surface area contributed by atoms with Gasteiger partial charge in [0, 0.05) is 127 Å². The number of methoxy groups -OCH3 is 4. The van der Waals surface area contributed by atoms with Gasteiger partial charge in [0.25, 0.3) is 0 Å². The largest absolute Gasteiger partial charge is 0.489 e. The average molecular weight is 2110 g/mol. The molecule has 2 spiro atoms. The molecule has 8 saturated heterocycles. The molecule has 2 aliphatic carbocycles. The van der Waals surface area contributed by atoms with Crippen LogP contribution in [0.1, 0.15) is 195 Å². The zero-order chi connectivity index (χ0) is 105. The van der Waals surface area contributed by atoms with Crippen molar-refractivity contribution in [3.63, 3.8) is 0 Å². The van der Waals surface area contributed by atoms with Crippen LogP contribution in [0.2, 0.25) is 15.1 Å². The molecule has 8 fully saturated rings. The van der Waals surface area contributed by atoms with E-state index in [9.17, 15) is 45.0 Å². The quantitative estimate of drug-likeness (QED) is 0.0499. The van der Waals surface area contributed by atoms with Crippen LogP contribution in [-0.4, -0.2) is 319 Å². The molecule has 12 aliphatic heterocycles. The van der Waals surface area contributed by atoms with Crippen LogP contribution in [0.25, 0.3) is 0 Å². The van der Waals surface area contributed by atoms with Gasteiger partial charge in [-0.3, -0.25) is 14.2 Å². The van der Waals surface area contributed by atoms with Gasteiger partial charge in [0.05, 0.1) is 115 Å². The molecule has 1 aromatic heterocycles. The Kier molecular flexibility index (Phi) is 39.9. The first-order chi connectivity index (χ1) is 69.5. The van der Waals surface area contributed by atoms with Crippen LogP contribution in [0.5, 0.6) is 5.75 Å². The molecule has 0 radical (unpaired) electrons. The highest BCUT2D eigenvalue weighted by Crippen LogP contribution is 2.52. The van der Waals surface area contributed by atoms with E-state index in [-0.39, 0.29) is 98.0 Å². The van der Waals surface area contributed by atoms with Gasteiger partial charge >= 0.3 is 18.0 Å². The topological polar surface area (TPSA) is 387 Å². The summed E-state index contributed by atoms with van der Waals surface area (Å²) in [5, 5.41) is 69.5. The number of rotatable bonds is 21. The Morgan fingerprint density at radius 2 is 0.959 bits per heavy atom. The monoisotopic (exact) mass is 2110 g/mol. The SMILES string of the molecule is CCCN(CCOc1c(Cl)cc(Cl)cc1Cl)C(=O)n1ccnc1.CC[C@H](C)[C@H]1O[C@]2(C=C[C@@H]1C)C[C@@H]1C[C@@H](C/C=C(\C)[C@@H](O[C@H]3C[C@H](OC)[C@@H](O[C@H]4C[C@H](OC)[C@@H](O)[C@H](C)O4)[C@H](C)O3)[C@@H](C)/C=C/C=C3\CO[C@@H]4[C@H](O)C(C)=C[C@@H](C(=O)O1)[C@]34O)O2.CO[C@H]1C[C@H](O[C@H]2[C@H](C)O[C@@H](O[C@@H]3/C(C)=C/C[C@@H]4C[C@@H](C[C@]5(C=C[C@H](C)[C@@H](C(C)C)O5)O4)OC(=O)[C@@H]4C=C(C)[C@@H](O)[C@H]5OC/C(=C\C=C\[C@@H]3C)[C@]54O)C[C@@H]2OC)O[C@@H](C)[C@@H]1O. The highest BCUT2D eigenvalue weighted by Gasteiger charge is 2.63. The van der Waals surface area contributed by atoms with Crippen molar-refractivity contribution in [3.05, 3.63) is 164 Å². The molecular weight excluding hydrogens is 1950 g/mol. The number of hydrogen-bond donors (Lipinski definition) is 6. The highest BCUT2D eigenvalue weighted by molar-refractivity contribution is 6.40. The molecule has 1 amide bonds. The normalized spacial score (nSPS) is 43.1. The van der Waals surface area contributed by atoms with Gasteiger partial charge in [0.15, 0.2) is 42.5 Å². The number of nitrogens with zero attached hydrogens (tertiary/aromatic N) is 3. The van der Waals surface area contributed by atoms with Crippen LogP contribution >= 0.6 is 34.8 Å². The summed E-state index contributed by atoms with van der Waals surface area (Å²) in [7, 11) is 6.44. The number of ether oxygens (including phenoxy) is 21. The molecule has 16 rings (SSSR count). The third-order valence-electron chi connectivity index (χ3n) is 31.5.